The van der Waals surface area contributed by atoms with E-state index in [9.17, 15) is 34.8 Å². The second kappa shape index (κ2) is 5.41. The van der Waals surface area contributed by atoms with E-state index in [-0.39, 0.29) is 31.3 Å². The molecule has 1 heterocycles. The fourth-order valence-corrected chi connectivity index (χ4v) is 3.97. The first-order valence-corrected chi connectivity index (χ1v) is 7.66. The fraction of sp³-hybridized carbons (Fsp3) is 0.500. The molecule has 1 fully saturated rings. The highest BCUT2D eigenvalue weighted by atomic mass is 32.2. The van der Waals surface area contributed by atoms with Gasteiger partial charge in [0.1, 0.15) is 0 Å². The highest BCUT2D eigenvalue weighted by molar-refractivity contribution is 7.89. The van der Waals surface area contributed by atoms with E-state index in [1.54, 1.807) is 0 Å². The van der Waals surface area contributed by atoms with Crippen molar-refractivity contribution in [1.82, 2.24) is 4.31 Å². The normalized spacial score (nSPS) is 17.9. The summed E-state index contributed by atoms with van der Waals surface area (Å²) in [6.45, 7) is -0.00818. The maximum absolute atomic E-state index is 12.9. The molecule has 0 atom stereocenters. The third-order valence-corrected chi connectivity index (χ3v) is 5.24. The first-order chi connectivity index (χ1) is 9.94. The zero-order valence-electron chi connectivity index (χ0n) is 11.0. The number of alkyl halides is 6. The summed E-state index contributed by atoms with van der Waals surface area (Å²) in [5.41, 5.74) is -3.02. The fourth-order valence-electron chi connectivity index (χ4n) is 2.21. The van der Waals surface area contributed by atoms with Gasteiger partial charge in [-0.2, -0.15) is 30.6 Å². The molecule has 1 saturated heterocycles. The minimum absolute atomic E-state index is 0.00409. The average Bonchev–Trinajstić information content (AvgIpc) is 2.90. The maximum Gasteiger partial charge on any atom is 0.417 e. The third-order valence-electron chi connectivity index (χ3n) is 3.30. The van der Waals surface area contributed by atoms with E-state index in [0.717, 1.165) is 4.31 Å². The molecule has 3 nitrogen and oxygen atoms in total. The quantitative estimate of drug-likeness (QED) is 0.768. The van der Waals surface area contributed by atoms with Gasteiger partial charge in [-0.25, -0.2) is 8.42 Å². The minimum atomic E-state index is -5.06. The van der Waals surface area contributed by atoms with Crippen molar-refractivity contribution in [1.29, 1.82) is 0 Å². The van der Waals surface area contributed by atoms with E-state index in [2.05, 4.69) is 0 Å². The largest absolute Gasteiger partial charge is 0.417 e. The summed E-state index contributed by atoms with van der Waals surface area (Å²) >= 11 is 0. The highest BCUT2D eigenvalue weighted by Gasteiger charge is 2.42. The van der Waals surface area contributed by atoms with Crippen LogP contribution in [0.2, 0.25) is 0 Å². The van der Waals surface area contributed by atoms with Crippen molar-refractivity contribution in [2.24, 2.45) is 0 Å². The molecule has 0 amide bonds. The first-order valence-electron chi connectivity index (χ1n) is 6.22. The van der Waals surface area contributed by atoms with Gasteiger partial charge in [0.15, 0.2) is 0 Å². The molecule has 0 unspecified atom stereocenters. The van der Waals surface area contributed by atoms with E-state index in [4.69, 9.17) is 0 Å². The molecule has 1 aromatic carbocycles. The number of sulfonamides is 1. The van der Waals surface area contributed by atoms with Crippen molar-refractivity contribution in [2.75, 3.05) is 13.1 Å². The summed E-state index contributed by atoms with van der Waals surface area (Å²) in [6.07, 6.45) is -9.08. The topological polar surface area (TPSA) is 37.4 Å². The lowest BCUT2D eigenvalue weighted by molar-refractivity contribution is -0.143. The number of benzene rings is 1. The second-order valence-electron chi connectivity index (χ2n) is 4.82. The smallest absolute Gasteiger partial charge is 0.207 e. The molecule has 0 bridgehead atoms. The van der Waals surface area contributed by atoms with Crippen LogP contribution in [0.15, 0.2) is 23.1 Å². The number of hydrogen-bond donors (Lipinski definition) is 0. The van der Waals surface area contributed by atoms with E-state index in [1.165, 1.54) is 0 Å². The van der Waals surface area contributed by atoms with Gasteiger partial charge in [-0.05, 0) is 31.0 Å². The Bertz CT molecular complexity index is 659. The Kier molecular flexibility index (Phi) is 4.20. The highest BCUT2D eigenvalue weighted by Crippen LogP contribution is 2.39. The summed E-state index contributed by atoms with van der Waals surface area (Å²) in [5, 5.41) is 0. The zero-order valence-corrected chi connectivity index (χ0v) is 11.8. The standard InChI is InChI=1S/C12H11F6NO2S/c13-11(14,15)8-3-4-9(12(16,17)18)10(7-8)22(20,21)19-5-1-2-6-19/h3-4,7H,1-2,5-6H2. The first kappa shape index (κ1) is 17.1. The van der Waals surface area contributed by atoms with Gasteiger partial charge in [-0.1, -0.05) is 0 Å². The van der Waals surface area contributed by atoms with Gasteiger partial charge >= 0.3 is 12.4 Å². The molecule has 22 heavy (non-hydrogen) atoms. The lowest BCUT2D eigenvalue weighted by Crippen LogP contribution is -2.30. The molecule has 2 rings (SSSR count). The van der Waals surface area contributed by atoms with Crippen molar-refractivity contribution < 1.29 is 34.8 Å². The molecule has 10 heteroatoms. The van der Waals surface area contributed by atoms with Crippen LogP contribution in [-0.4, -0.2) is 25.8 Å². The summed E-state index contributed by atoms with van der Waals surface area (Å²) in [7, 11) is -4.62. The molecular weight excluding hydrogens is 336 g/mol. The van der Waals surface area contributed by atoms with Crippen molar-refractivity contribution in [2.45, 2.75) is 30.1 Å². The Morgan fingerprint density at radius 1 is 0.909 bits per heavy atom. The number of halogens is 6. The summed E-state index contributed by atoms with van der Waals surface area (Å²) in [4.78, 5) is -1.35. The Morgan fingerprint density at radius 3 is 1.91 bits per heavy atom. The molecule has 0 spiro atoms. The minimum Gasteiger partial charge on any atom is -0.207 e. The van der Waals surface area contributed by atoms with Crippen LogP contribution in [0.3, 0.4) is 0 Å². The molecule has 0 aliphatic carbocycles. The summed E-state index contributed by atoms with van der Waals surface area (Å²) in [5.74, 6) is 0. The summed E-state index contributed by atoms with van der Waals surface area (Å²) < 4.78 is 102. The number of rotatable bonds is 2. The van der Waals surface area contributed by atoms with Crippen LogP contribution >= 0.6 is 0 Å². The third kappa shape index (κ3) is 3.22. The van der Waals surface area contributed by atoms with E-state index in [1.807, 2.05) is 0 Å². The van der Waals surface area contributed by atoms with Crippen LogP contribution in [0.1, 0.15) is 24.0 Å². The van der Waals surface area contributed by atoms with Crippen LogP contribution in [0.5, 0.6) is 0 Å². The van der Waals surface area contributed by atoms with Crippen LogP contribution in [0.25, 0.3) is 0 Å². The Balaban J connectivity index is 2.64. The number of nitrogens with zero attached hydrogens (tertiary/aromatic N) is 1. The van der Waals surface area contributed by atoms with Crippen LogP contribution in [0, 0.1) is 0 Å². The van der Waals surface area contributed by atoms with Crippen molar-refractivity contribution in [3.8, 4) is 0 Å². The average molecular weight is 347 g/mol. The van der Waals surface area contributed by atoms with E-state index < -0.39 is 38.4 Å². The molecule has 1 aliphatic rings. The predicted molar refractivity (Wildman–Crippen MR) is 64.4 cm³/mol. The molecule has 0 radical (unpaired) electrons. The molecule has 0 N–H and O–H groups in total. The number of hydrogen-bond acceptors (Lipinski definition) is 2. The van der Waals surface area contributed by atoms with E-state index in [0.29, 0.717) is 12.8 Å². The van der Waals surface area contributed by atoms with Gasteiger partial charge in [-0.15, -0.1) is 0 Å². The van der Waals surface area contributed by atoms with Gasteiger partial charge in [-0.3, -0.25) is 0 Å². The molecule has 124 valence electrons. The molecule has 1 aliphatic heterocycles. The molecule has 0 saturated carbocycles. The molecule has 0 aromatic heterocycles. The Labute approximate surface area is 122 Å². The van der Waals surface area contributed by atoms with Crippen molar-refractivity contribution in [3.05, 3.63) is 29.3 Å². The van der Waals surface area contributed by atoms with Gasteiger partial charge in [0, 0.05) is 13.1 Å². The molecular formula is C12H11F6NO2S. The predicted octanol–water partition coefficient (Wildman–Crippen LogP) is 3.51. The monoisotopic (exact) mass is 347 g/mol. The SMILES string of the molecule is O=S(=O)(c1cc(C(F)(F)F)ccc1C(F)(F)F)N1CCCC1. The van der Waals surface area contributed by atoms with Gasteiger partial charge in [0.05, 0.1) is 16.0 Å². The lowest BCUT2D eigenvalue weighted by atomic mass is 10.1. The zero-order chi connectivity index (χ0) is 16.8. The van der Waals surface area contributed by atoms with Crippen LogP contribution in [0.4, 0.5) is 26.3 Å². The Hall–Kier alpha value is -1.29. The van der Waals surface area contributed by atoms with Crippen molar-refractivity contribution >= 4 is 10.0 Å². The van der Waals surface area contributed by atoms with Gasteiger partial charge in [0.2, 0.25) is 10.0 Å². The Morgan fingerprint density at radius 2 is 1.45 bits per heavy atom. The second-order valence-corrected chi connectivity index (χ2v) is 6.72. The van der Waals surface area contributed by atoms with E-state index >= 15 is 0 Å². The van der Waals surface area contributed by atoms with Crippen molar-refractivity contribution in [3.63, 3.8) is 0 Å². The van der Waals surface area contributed by atoms with Gasteiger partial charge in [0.25, 0.3) is 0 Å². The summed E-state index contributed by atoms with van der Waals surface area (Å²) in [6, 6.07) is 0.439. The van der Waals surface area contributed by atoms with Crippen LogP contribution in [-0.2, 0) is 22.4 Å². The van der Waals surface area contributed by atoms with Crippen LogP contribution < -0.4 is 0 Å². The lowest BCUT2D eigenvalue weighted by Gasteiger charge is -2.20. The molecule has 1 aromatic rings. The maximum atomic E-state index is 12.9. The van der Waals surface area contributed by atoms with Gasteiger partial charge < -0.3 is 0 Å².